The monoisotopic (exact) mass is 288 g/mol. The number of nitrogens with two attached hydrogens (primary N) is 1. The van der Waals surface area contributed by atoms with E-state index in [0.29, 0.717) is 6.54 Å². The zero-order chi connectivity index (χ0) is 14.8. The van der Waals surface area contributed by atoms with E-state index in [-0.39, 0.29) is 12.8 Å². The molecular formula is C15H20N4O2. The lowest BCUT2D eigenvalue weighted by molar-refractivity contribution is 0.173. The second-order valence-corrected chi connectivity index (χ2v) is 5.23. The van der Waals surface area contributed by atoms with Crippen LogP contribution >= 0.6 is 0 Å². The van der Waals surface area contributed by atoms with Crippen molar-refractivity contribution in [2.75, 3.05) is 20.4 Å². The van der Waals surface area contributed by atoms with E-state index in [2.05, 4.69) is 16.9 Å². The van der Waals surface area contributed by atoms with Crippen molar-refractivity contribution in [2.45, 2.75) is 12.6 Å². The van der Waals surface area contributed by atoms with Gasteiger partial charge in [-0.1, -0.05) is 6.07 Å². The molecule has 1 aromatic carbocycles. The van der Waals surface area contributed by atoms with Crippen molar-refractivity contribution in [3.8, 4) is 11.5 Å². The maximum atomic E-state index is 5.98. The average molecular weight is 288 g/mol. The van der Waals surface area contributed by atoms with Crippen LogP contribution in [0.15, 0.2) is 30.6 Å². The van der Waals surface area contributed by atoms with Crippen LogP contribution in [0.2, 0.25) is 0 Å². The maximum Gasteiger partial charge on any atom is 0.231 e. The van der Waals surface area contributed by atoms with Crippen LogP contribution in [-0.2, 0) is 13.6 Å². The Hall–Kier alpha value is -2.05. The molecule has 2 heterocycles. The van der Waals surface area contributed by atoms with Crippen molar-refractivity contribution in [3.63, 3.8) is 0 Å². The zero-order valence-electron chi connectivity index (χ0n) is 12.3. The first kappa shape index (κ1) is 13.9. The molecule has 3 rings (SSSR count). The lowest BCUT2D eigenvalue weighted by Gasteiger charge is -2.27. The second-order valence-electron chi connectivity index (χ2n) is 5.23. The average Bonchev–Trinajstić information content (AvgIpc) is 3.09. The minimum atomic E-state index is 0.108. The van der Waals surface area contributed by atoms with Gasteiger partial charge in [0.15, 0.2) is 11.5 Å². The van der Waals surface area contributed by atoms with Gasteiger partial charge in [0.25, 0.3) is 0 Å². The van der Waals surface area contributed by atoms with Crippen LogP contribution in [0.3, 0.4) is 0 Å². The first-order chi connectivity index (χ1) is 10.2. The summed E-state index contributed by atoms with van der Waals surface area (Å²) >= 11 is 0. The second kappa shape index (κ2) is 5.75. The van der Waals surface area contributed by atoms with E-state index in [1.165, 1.54) is 0 Å². The number of ether oxygens (including phenoxy) is 2. The summed E-state index contributed by atoms with van der Waals surface area (Å²) in [4.78, 5) is 6.55. The molecular weight excluding hydrogens is 268 g/mol. The largest absolute Gasteiger partial charge is 0.454 e. The molecule has 0 bridgehead atoms. The SMILES string of the molecule is CN(Cc1nccn1C)C(CN)c1ccc2c(c1)OCO2. The number of aryl methyl sites for hydroxylation is 1. The van der Waals surface area contributed by atoms with Crippen molar-refractivity contribution in [1.29, 1.82) is 0 Å². The smallest absolute Gasteiger partial charge is 0.231 e. The highest BCUT2D eigenvalue weighted by Gasteiger charge is 2.21. The van der Waals surface area contributed by atoms with E-state index in [4.69, 9.17) is 15.2 Å². The molecule has 6 nitrogen and oxygen atoms in total. The van der Waals surface area contributed by atoms with Crippen molar-refractivity contribution in [3.05, 3.63) is 42.0 Å². The molecule has 0 amide bonds. The number of benzene rings is 1. The summed E-state index contributed by atoms with van der Waals surface area (Å²) in [5.41, 5.74) is 7.10. The summed E-state index contributed by atoms with van der Waals surface area (Å²) in [6, 6.07) is 6.10. The van der Waals surface area contributed by atoms with E-state index in [0.717, 1.165) is 29.4 Å². The normalized spacial score (nSPS) is 14.7. The maximum absolute atomic E-state index is 5.98. The fourth-order valence-electron chi connectivity index (χ4n) is 2.57. The molecule has 0 spiro atoms. The van der Waals surface area contributed by atoms with Crippen LogP contribution in [0, 0.1) is 0 Å². The molecule has 1 aromatic heterocycles. The van der Waals surface area contributed by atoms with Gasteiger partial charge in [0.1, 0.15) is 5.82 Å². The molecule has 1 atom stereocenters. The number of aromatic nitrogens is 2. The molecule has 1 unspecified atom stereocenters. The highest BCUT2D eigenvalue weighted by atomic mass is 16.7. The Kier molecular flexibility index (Phi) is 3.81. The molecule has 6 heteroatoms. The molecule has 2 aromatic rings. The third-order valence-electron chi connectivity index (χ3n) is 3.85. The predicted octanol–water partition coefficient (Wildman–Crippen LogP) is 1.28. The fourth-order valence-corrected chi connectivity index (χ4v) is 2.57. The van der Waals surface area contributed by atoms with Crippen molar-refractivity contribution < 1.29 is 9.47 Å². The quantitative estimate of drug-likeness (QED) is 0.898. The van der Waals surface area contributed by atoms with Crippen molar-refractivity contribution in [2.24, 2.45) is 12.8 Å². The first-order valence-electron chi connectivity index (χ1n) is 6.95. The van der Waals surface area contributed by atoms with E-state index in [1.54, 1.807) is 6.20 Å². The Morgan fingerprint density at radius 1 is 1.38 bits per heavy atom. The van der Waals surface area contributed by atoms with Gasteiger partial charge in [-0.2, -0.15) is 0 Å². The number of likely N-dealkylation sites (N-methyl/N-ethyl adjacent to an activating group) is 1. The van der Waals surface area contributed by atoms with Crippen LogP contribution < -0.4 is 15.2 Å². The van der Waals surface area contributed by atoms with Gasteiger partial charge in [0, 0.05) is 32.0 Å². The van der Waals surface area contributed by atoms with Gasteiger partial charge in [-0.3, -0.25) is 4.90 Å². The Morgan fingerprint density at radius 2 is 2.19 bits per heavy atom. The van der Waals surface area contributed by atoms with Crippen LogP contribution in [-0.4, -0.2) is 34.8 Å². The molecule has 0 saturated heterocycles. The Labute approximate surface area is 124 Å². The summed E-state index contributed by atoms with van der Waals surface area (Å²) in [5.74, 6) is 2.59. The number of rotatable bonds is 5. The molecule has 1 aliphatic heterocycles. The lowest BCUT2D eigenvalue weighted by Crippen LogP contribution is -2.31. The number of hydrogen-bond acceptors (Lipinski definition) is 5. The minimum Gasteiger partial charge on any atom is -0.454 e. The molecule has 2 N–H and O–H groups in total. The van der Waals surface area contributed by atoms with Gasteiger partial charge in [-0.25, -0.2) is 4.98 Å². The summed E-state index contributed by atoms with van der Waals surface area (Å²) in [7, 11) is 4.05. The van der Waals surface area contributed by atoms with E-state index in [9.17, 15) is 0 Å². The van der Waals surface area contributed by atoms with E-state index in [1.807, 2.05) is 36.0 Å². The Bertz CT molecular complexity index is 626. The Balaban J connectivity index is 1.79. The first-order valence-corrected chi connectivity index (χ1v) is 6.95. The van der Waals surface area contributed by atoms with Gasteiger partial charge in [0.2, 0.25) is 6.79 Å². The number of hydrogen-bond donors (Lipinski definition) is 1. The van der Waals surface area contributed by atoms with Gasteiger partial charge in [-0.15, -0.1) is 0 Å². The van der Waals surface area contributed by atoms with Gasteiger partial charge < -0.3 is 19.8 Å². The topological polar surface area (TPSA) is 65.5 Å². The van der Waals surface area contributed by atoms with Crippen LogP contribution in [0.4, 0.5) is 0 Å². The standard InChI is InChI=1S/C15H20N4O2/c1-18-6-5-17-15(18)9-19(2)12(8-16)11-3-4-13-14(7-11)21-10-20-13/h3-7,12H,8-10,16H2,1-2H3. The van der Waals surface area contributed by atoms with Crippen molar-refractivity contribution >= 4 is 0 Å². The van der Waals surface area contributed by atoms with Gasteiger partial charge >= 0.3 is 0 Å². The van der Waals surface area contributed by atoms with Gasteiger partial charge in [-0.05, 0) is 24.7 Å². The fraction of sp³-hybridized carbons (Fsp3) is 0.400. The van der Waals surface area contributed by atoms with Crippen LogP contribution in [0.1, 0.15) is 17.4 Å². The third kappa shape index (κ3) is 2.72. The van der Waals surface area contributed by atoms with Crippen LogP contribution in [0.5, 0.6) is 11.5 Å². The molecule has 1 aliphatic rings. The highest BCUT2D eigenvalue weighted by Crippen LogP contribution is 2.35. The number of nitrogens with zero attached hydrogens (tertiary/aromatic N) is 3. The number of imidazole rings is 1. The summed E-state index contributed by atoms with van der Waals surface area (Å²) in [6.45, 7) is 1.55. The summed E-state index contributed by atoms with van der Waals surface area (Å²) in [5, 5.41) is 0. The zero-order valence-corrected chi connectivity index (χ0v) is 12.3. The molecule has 0 aliphatic carbocycles. The number of fused-ring (bicyclic) bond motifs is 1. The van der Waals surface area contributed by atoms with Gasteiger partial charge in [0.05, 0.1) is 6.54 Å². The lowest BCUT2D eigenvalue weighted by atomic mass is 10.0. The third-order valence-corrected chi connectivity index (χ3v) is 3.85. The van der Waals surface area contributed by atoms with Crippen molar-refractivity contribution in [1.82, 2.24) is 14.5 Å². The van der Waals surface area contributed by atoms with Crippen LogP contribution in [0.25, 0.3) is 0 Å². The molecule has 112 valence electrons. The summed E-state index contributed by atoms with van der Waals surface area (Å²) in [6.07, 6.45) is 3.75. The summed E-state index contributed by atoms with van der Waals surface area (Å²) < 4.78 is 12.8. The minimum absolute atomic E-state index is 0.108. The molecule has 0 saturated carbocycles. The van der Waals surface area contributed by atoms with E-state index < -0.39 is 0 Å². The molecule has 0 fully saturated rings. The molecule has 21 heavy (non-hydrogen) atoms. The predicted molar refractivity (Wildman–Crippen MR) is 79.0 cm³/mol. The molecule has 0 radical (unpaired) electrons. The van der Waals surface area contributed by atoms with E-state index >= 15 is 0 Å². The highest BCUT2D eigenvalue weighted by molar-refractivity contribution is 5.45. The Morgan fingerprint density at radius 3 is 2.90 bits per heavy atom.